The molecule has 4 rings (SSSR count). The summed E-state index contributed by atoms with van der Waals surface area (Å²) in [5.74, 6) is -1.01. The fourth-order valence-electron chi connectivity index (χ4n) is 4.01. The third-order valence-electron chi connectivity index (χ3n) is 5.70. The molecule has 0 aliphatic carbocycles. The van der Waals surface area contributed by atoms with Crippen LogP contribution in [-0.2, 0) is 23.8 Å². The fourth-order valence-corrected chi connectivity index (χ4v) is 4.01. The van der Waals surface area contributed by atoms with Crippen LogP contribution < -0.4 is 11.2 Å². The Morgan fingerprint density at radius 1 is 1.06 bits per heavy atom. The first kappa shape index (κ1) is 24.1. The zero-order valence-corrected chi connectivity index (χ0v) is 18.9. The van der Waals surface area contributed by atoms with Gasteiger partial charge in [-0.2, -0.15) is 0 Å². The highest BCUT2D eigenvalue weighted by Gasteiger charge is 2.32. The molecule has 10 heteroatoms. The average molecular weight is 472 g/mol. The first-order valence-corrected chi connectivity index (χ1v) is 11.4. The van der Waals surface area contributed by atoms with Crippen molar-refractivity contribution in [2.45, 2.75) is 32.0 Å². The number of hydrogen-bond donors (Lipinski definition) is 2. The molecule has 3 N–H and O–H groups in total. The van der Waals surface area contributed by atoms with Crippen LogP contribution in [0.2, 0.25) is 0 Å². The average Bonchev–Trinajstić information content (AvgIpc) is 2.84. The molecule has 2 aromatic rings. The van der Waals surface area contributed by atoms with Crippen molar-refractivity contribution < 1.29 is 33.4 Å². The van der Waals surface area contributed by atoms with E-state index in [1.807, 2.05) is 6.07 Å². The second-order valence-electron chi connectivity index (χ2n) is 8.15. The van der Waals surface area contributed by atoms with Crippen molar-refractivity contribution >= 4 is 34.2 Å². The number of nitrogen functional groups attached to an aromatic ring is 1. The lowest BCUT2D eigenvalue weighted by molar-refractivity contribution is -0.200. The molecule has 2 aliphatic rings. The van der Waals surface area contributed by atoms with Gasteiger partial charge in [-0.05, 0) is 36.4 Å². The first-order chi connectivity index (χ1) is 16.5. The second-order valence-corrected chi connectivity index (χ2v) is 8.15. The van der Waals surface area contributed by atoms with Gasteiger partial charge in [0.05, 0.1) is 45.0 Å². The summed E-state index contributed by atoms with van der Waals surface area (Å²) < 4.78 is 16.3. The number of hydroxylamine groups is 1. The summed E-state index contributed by atoms with van der Waals surface area (Å²) in [4.78, 5) is 43.9. The van der Waals surface area contributed by atoms with E-state index in [2.05, 4.69) is 5.48 Å². The predicted molar refractivity (Wildman–Crippen MR) is 123 cm³/mol. The number of nitrogens with zero attached hydrogens (tertiary/aromatic N) is 1. The Bertz CT molecular complexity index is 1050. The highest BCUT2D eigenvalue weighted by atomic mass is 16.8. The molecule has 2 aliphatic heterocycles. The summed E-state index contributed by atoms with van der Waals surface area (Å²) >= 11 is 0. The van der Waals surface area contributed by atoms with Crippen LogP contribution in [0.25, 0.3) is 10.8 Å². The molecule has 0 radical (unpaired) electrons. The van der Waals surface area contributed by atoms with Gasteiger partial charge in [0.2, 0.25) is 5.91 Å². The molecule has 0 bridgehead atoms. The van der Waals surface area contributed by atoms with Crippen molar-refractivity contribution in [2.75, 3.05) is 45.3 Å². The van der Waals surface area contributed by atoms with E-state index >= 15 is 0 Å². The summed E-state index contributed by atoms with van der Waals surface area (Å²) in [5.41, 5.74) is 9.68. The molecule has 1 atom stereocenters. The number of amides is 3. The summed E-state index contributed by atoms with van der Waals surface area (Å²) in [7, 11) is 0. The van der Waals surface area contributed by atoms with Crippen molar-refractivity contribution in [3.63, 3.8) is 0 Å². The summed E-state index contributed by atoms with van der Waals surface area (Å²) in [6.07, 6.45) is 2.55. The van der Waals surface area contributed by atoms with Gasteiger partial charge in [0, 0.05) is 29.7 Å². The fraction of sp³-hybridized carbons (Fsp3) is 0.458. The molecular formula is C24H29N3O7. The Morgan fingerprint density at radius 3 is 2.65 bits per heavy atom. The number of rotatable bonds is 11. The monoisotopic (exact) mass is 471 g/mol. The number of carbonyl (C=O) groups is 3. The molecular weight excluding hydrogens is 442 g/mol. The Hall–Kier alpha value is -3.05. The van der Waals surface area contributed by atoms with E-state index in [1.165, 1.54) is 4.90 Å². The molecule has 1 saturated heterocycles. The topological polar surface area (TPSA) is 129 Å². The van der Waals surface area contributed by atoms with Crippen LogP contribution in [0.15, 0.2) is 30.3 Å². The summed E-state index contributed by atoms with van der Waals surface area (Å²) in [6.45, 7) is 1.69. The van der Waals surface area contributed by atoms with Gasteiger partial charge in [-0.25, -0.2) is 10.3 Å². The second kappa shape index (κ2) is 11.4. The normalized spacial score (nSPS) is 17.9. The van der Waals surface area contributed by atoms with Crippen LogP contribution in [0, 0.1) is 0 Å². The quantitative estimate of drug-likeness (QED) is 0.220. The van der Waals surface area contributed by atoms with Gasteiger partial charge in [-0.15, -0.1) is 0 Å². The van der Waals surface area contributed by atoms with Crippen molar-refractivity contribution in [3.8, 4) is 0 Å². The van der Waals surface area contributed by atoms with Crippen LogP contribution >= 0.6 is 0 Å². The van der Waals surface area contributed by atoms with Gasteiger partial charge >= 0.3 is 0 Å². The standard InChI is InChI=1S/C24H29N3O7/c25-17-14-16-4-3-5-18-22(16)19(15-17)24(30)27(23(18)29)8-11-32-13-12-31-10-7-20(28)26-34-21-6-1-2-9-33-21/h3-5,14-15,21H,1-2,6-13,25H2,(H,26,28). The molecule has 0 saturated carbocycles. The molecule has 1 unspecified atom stereocenters. The third kappa shape index (κ3) is 5.71. The van der Waals surface area contributed by atoms with Crippen LogP contribution in [0.5, 0.6) is 0 Å². The molecule has 0 spiro atoms. The molecule has 2 heterocycles. The number of nitrogens with two attached hydrogens (primary N) is 1. The van der Waals surface area contributed by atoms with Gasteiger partial charge in [0.1, 0.15) is 0 Å². The van der Waals surface area contributed by atoms with E-state index in [4.69, 9.17) is 24.8 Å². The number of benzene rings is 2. The third-order valence-corrected chi connectivity index (χ3v) is 5.70. The van der Waals surface area contributed by atoms with E-state index in [0.29, 0.717) is 28.8 Å². The Morgan fingerprint density at radius 2 is 1.85 bits per heavy atom. The van der Waals surface area contributed by atoms with E-state index in [0.717, 1.165) is 24.6 Å². The molecule has 10 nitrogen and oxygen atoms in total. The van der Waals surface area contributed by atoms with E-state index in [1.54, 1.807) is 24.3 Å². The Kier molecular flexibility index (Phi) is 8.07. The lowest BCUT2D eigenvalue weighted by atomic mass is 9.93. The first-order valence-electron chi connectivity index (χ1n) is 11.4. The van der Waals surface area contributed by atoms with Crippen LogP contribution in [0.4, 0.5) is 5.69 Å². The Balaban J connectivity index is 1.13. The zero-order valence-electron chi connectivity index (χ0n) is 18.9. The van der Waals surface area contributed by atoms with Crippen molar-refractivity contribution in [1.29, 1.82) is 0 Å². The van der Waals surface area contributed by atoms with Crippen molar-refractivity contribution in [2.24, 2.45) is 0 Å². The Labute approximate surface area is 197 Å². The SMILES string of the molecule is Nc1cc2c3c(cccc3c1)C(=O)N(CCOCCOCCC(=O)NOC1CCCCO1)C2=O. The largest absolute Gasteiger partial charge is 0.399 e. The number of imide groups is 1. The van der Waals surface area contributed by atoms with Gasteiger partial charge in [-0.3, -0.25) is 19.3 Å². The molecule has 34 heavy (non-hydrogen) atoms. The molecule has 182 valence electrons. The maximum Gasteiger partial charge on any atom is 0.261 e. The smallest absolute Gasteiger partial charge is 0.261 e. The lowest BCUT2D eigenvalue weighted by Gasteiger charge is -2.27. The zero-order chi connectivity index (χ0) is 23.9. The van der Waals surface area contributed by atoms with Crippen molar-refractivity contribution in [1.82, 2.24) is 10.4 Å². The summed E-state index contributed by atoms with van der Waals surface area (Å²) in [6, 6.07) is 8.67. The predicted octanol–water partition coefficient (Wildman–Crippen LogP) is 2.02. The van der Waals surface area contributed by atoms with Crippen molar-refractivity contribution in [3.05, 3.63) is 41.5 Å². The number of hydrogen-bond acceptors (Lipinski definition) is 8. The molecule has 3 amide bonds. The number of ether oxygens (including phenoxy) is 3. The van der Waals surface area contributed by atoms with E-state index < -0.39 is 0 Å². The highest BCUT2D eigenvalue weighted by Crippen LogP contribution is 2.31. The number of nitrogens with one attached hydrogen (secondary N) is 1. The molecule has 0 aromatic heterocycles. The van der Waals surface area contributed by atoms with E-state index in [9.17, 15) is 14.4 Å². The number of anilines is 1. The minimum atomic E-state index is -0.385. The molecule has 2 aromatic carbocycles. The maximum absolute atomic E-state index is 12.9. The summed E-state index contributed by atoms with van der Waals surface area (Å²) in [5, 5.41) is 1.41. The minimum Gasteiger partial charge on any atom is -0.399 e. The van der Waals surface area contributed by atoms with Gasteiger partial charge < -0.3 is 19.9 Å². The number of carbonyl (C=O) groups excluding carboxylic acids is 3. The maximum atomic E-state index is 12.9. The lowest BCUT2D eigenvalue weighted by Crippen LogP contribution is -2.42. The molecule has 1 fully saturated rings. The van der Waals surface area contributed by atoms with Crippen LogP contribution in [0.3, 0.4) is 0 Å². The van der Waals surface area contributed by atoms with Gasteiger partial charge in [0.15, 0.2) is 6.29 Å². The highest BCUT2D eigenvalue weighted by molar-refractivity contribution is 6.25. The van der Waals surface area contributed by atoms with Gasteiger partial charge in [-0.1, -0.05) is 12.1 Å². The van der Waals surface area contributed by atoms with Crippen LogP contribution in [-0.4, -0.2) is 68.5 Å². The van der Waals surface area contributed by atoms with E-state index in [-0.39, 0.29) is 63.4 Å². The minimum absolute atomic E-state index is 0.116. The van der Waals surface area contributed by atoms with Crippen LogP contribution in [0.1, 0.15) is 46.4 Å². The van der Waals surface area contributed by atoms with Gasteiger partial charge in [0.25, 0.3) is 11.8 Å².